The van der Waals surface area contributed by atoms with Crippen LogP contribution < -0.4 is 9.47 Å². The molecule has 1 aliphatic rings. The molecule has 9 heteroatoms. The van der Waals surface area contributed by atoms with Crippen LogP contribution in [0.4, 0.5) is 0 Å². The lowest BCUT2D eigenvalue weighted by Crippen LogP contribution is -2.24. The van der Waals surface area contributed by atoms with Crippen LogP contribution >= 0.6 is 23.1 Å². The summed E-state index contributed by atoms with van der Waals surface area (Å²) in [6.45, 7) is 5.21. The Labute approximate surface area is 200 Å². The lowest BCUT2D eigenvalue weighted by molar-refractivity contribution is 0.0825. The van der Waals surface area contributed by atoms with Crippen molar-refractivity contribution in [2.24, 2.45) is 7.05 Å². The predicted octanol–water partition coefficient (Wildman–Crippen LogP) is 4.83. The second-order valence-corrected chi connectivity index (χ2v) is 9.90. The standard InChI is InChI=1S/C24H24N4O3S2/c1-15-11-18(16(2)28(15)12-17-7-6-10-32-17)19(29)14-33-24-26-25-23(27(24)3)22-13-30-20-8-4-5-9-21(20)31-22/h4-11,22H,12-14H2,1-3H3/t22-/m0/s1. The number of thiophene rings is 1. The molecule has 0 bridgehead atoms. The minimum atomic E-state index is -0.348. The third-order valence-electron chi connectivity index (χ3n) is 5.77. The Morgan fingerprint density at radius 2 is 2.00 bits per heavy atom. The van der Waals surface area contributed by atoms with E-state index in [0.717, 1.165) is 29.2 Å². The minimum Gasteiger partial charge on any atom is -0.485 e. The SMILES string of the molecule is Cc1cc(C(=O)CSc2nnc([C@@H]3COc4ccccc4O3)n2C)c(C)n1Cc1cccs1. The molecule has 0 radical (unpaired) electrons. The van der Waals surface area contributed by atoms with Crippen LogP contribution in [0.15, 0.2) is 53.0 Å². The molecule has 0 amide bonds. The fourth-order valence-electron chi connectivity index (χ4n) is 3.97. The first kappa shape index (κ1) is 21.8. The van der Waals surface area contributed by atoms with Crippen LogP contribution in [0, 0.1) is 13.8 Å². The van der Waals surface area contributed by atoms with Crippen molar-refractivity contribution >= 4 is 28.9 Å². The van der Waals surface area contributed by atoms with Crippen LogP contribution in [0.2, 0.25) is 0 Å². The summed E-state index contributed by atoms with van der Waals surface area (Å²) in [5, 5.41) is 11.4. The first-order valence-corrected chi connectivity index (χ1v) is 12.5. The molecule has 0 unspecified atom stereocenters. The fourth-order valence-corrected chi connectivity index (χ4v) is 5.47. The number of ketones is 1. The minimum absolute atomic E-state index is 0.0845. The van der Waals surface area contributed by atoms with Gasteiger partial charge in [-0.2, -0.15) is 0 Å². The van der Waals surface area contributed by atoms with Crippen molar-refractivity contribution in [1.29, 1.82) is 0 Å². The van der Waals surface area contributed by atoms with E-state index in [4.69, 9.17) is 9.47 Å². The lowest BCUT2D eigenvalue weighted by Gasteiger charge is -2.25. The van der Waals surface area contributed by atoms with E-state index >= 15 is 0 Å². The van der Waals surface area contributed by atoms with Crippen molar-refractivity contribution in [2.45, 2.75) is 31.7 Å². The molecule has 170 valence electrons. The summed E-state index contributed by atoms with van der Waals surface area (Å²) in [4.78, 5) is 14.3. The highest BCUT2D eigenvalue weighted by Gasteiger charge is 2.27. The quantitative estimate of drug-likeness (QED) is 0.279. The van der Waals surface area contributed by atoms with Gasteiger partial charge >= 0.3 is 0 Å². The van der Waals surface area contributed by atoms with Gasteiger partial charge in [-0.25, -0.2) is 0 Å². The highest BCUT2D eigenvalue weighted by molar-refractivity contribution is 7.99. The number of aryl methyl sites for hydroxylation is 1. The lowest BCUT2D eigenvalue weighted by atomic mass is 10.2. The molecule has 0 fully saturated rings. The number of carbonyl (C=O) groups is 1. The van der Waals surface area contributed by atoms with Crippen LogP contribution in [0.5, 0.6) is 11.5 Å². The molecule has 0 N–H and O–H groups in total. The summed E-state index contributed by atoms with van der Waals surface area (Å²) < 4.78 is 15.9. The number of carbonyl (C=O) groups excluding carboxylic acids is 1. The van der Waals surface area contributed by atoms with Crippen molar-refractivity contribution in [3.8, 4) is 11.5 Å². The van der Waals surface area contributed by atoms with E-state index in [-0.39, 0.29) is 11.9 Å². The molecule has 0 saturated carbocycles. The maximum atomic E-state index is 13.0. The first-order chi connectivity index (χ1) is 16.0. The average Bonchev–Trinajstić information content (AvgIpc) is 3.54. The summed E-state index contributed by atoms with van der Waals surface area (Å²) in [6.07, 6.45) is -0.348. The summed E-state index contributed by atoms with van der Waals surface area (Å²) in [6, 6.07) is 13.7. The molecule has 4 aromatic rings. The summed E-state index contributed by atoms with van der Waals surface area (Å²) in [5.74, 6) is 2.47. The number of para-hydroxylation sites is 2. The van der Waals surface area contributed by atoms with Gasteiger partial charge in [0.05, 0.1) is 12.3 Å². The fraction of sp³-hybridized carbons (Fsp3) is 0.292. The molecule has 1 aliphatic heterocycles. The van der Waals surface area contributed by atoms with Crippen LogP contribution in [0.25, 0.3) is 0 Å². The number of Topliss-reactive ketones (excluding diaryl/α,β-unsaturated/α-hetero) is 1. The number of benzene rings is 1. The van der Waals surface area contributed by atoms with Crippen LogP contribution in [-0.4, -0.2) is 37.5 Å². The van der Waals surface area contributed by atoms with Gasteiger partial charge in [-0.1, -0.05) is 30.0 Å². The number of rotatable bonds is 7. The Morgan fingerprint density at radius 1 is 1.18 bits per heavy atom. The monoisotopic (exact) mass is 480 g/mol. The van der Waals surface area contributed by atoms with Gasteiger partial charge in [0.25, 0.3) is 0 Å². The zero-order valence-electron chi connectivity index (χ0n) is 18.6. The topological polar surface area (TPSA) is 71.2 Å². The maximum absolute atomic E-state index is 13.0. The maximum Gasteiger partial charge on any atom is 0.192 e. The Morgan fingerprint density at radius 3 is 2.79 bits per heavy atom. The Hall–Kier alpha value is -3.04. The van der Waals surface area contributed by atoms with Crippen molar-refractivity contribution < 1.29 is 14.3 Å². The molecular formula is C24H24N4O3S2. The van der Waals surface area contributed by atoms with E-state index in [9.17, 15) is 4.79 Å². The molecule has 5 rings (SSSR count). The van der Waals surface area contributed by atoms with Gasteiger partial charge in [-0.05, 0) is 43.5 Å². The molecule has 0 aliphatic carbocycles. The molecule has 3 aromatic heterocycles. The smallest absolute Gasteiger partial charge is 0.192 e. The summed E-state index contributed by atoms with van der Waals surface area (Å²) in [5.41, 5.74) is 2.85. The van der Waals surface area contributed by atoms with Gasteiger partial charge in [0.15, 0.2) is 34.4 Å². The van der Waals surface area contributed by atoms with E-state index in [1.54, 1.807) is 11.3 Å². The van der Waals surface area contributed by atoms with Gasteiger partial charge < -0.3 is 18.6 Å². The van der Waals surface area contributed by atoms with Crippen molar-refractivity contribution in [3.05, 3.63) is 75.5 Å². The summed E-state index contributed by atoms with van der Waals surface area (Å²) in [7, 11) is 1.89. The van der Waals surface area contributed by atoms with Gasteiger partial charge in [0.1, 0.15) is 6.61 Å². The van der Waals surface area contributed by atoms with E-state index in [1.165, 1.54) is 16.6 Å². The van der Waals surface area contributed by atoms with E-state index in [2.05, 4.69) is 32.3 Å². The number of aromatic nitrogens is 4. The molecule has 0 spiro atoms. The average molecular weight is 481 g/mol. The summed E-state index contributed by atoms with van der Waals surface area (Å²) >= 11 is 3.11. The molecule has 4 heterocycles. The van der Waals surface area contributed by atoms with E-state index in [0.29, 0.717) is 29.1 Å². The number of thioether (sulfide) groups is 1. The normalized spacial score (nSPS) is 15.1. The number of ether oxygens (including phenoxy) is 2. The van der Waals surface area contributed by atoms with Crippen LogP contribution in [0.3, 0.4) is 0 Å². The number of hydrogen-bond acceptors (Lipinski definition) is 7. The Bertz CT molecular complexity index is 1290. The van der Waals surface area contributed by atoms with Gasteiger partial charge in [0.2, 0.25) is 0 Å². The number of nitrogens with zero attached hydrogens (tertiary/aromatic N) is 4. The second-order valence-electron chi connectivity index (χ2n) is 7.93. The molecule has 7 nitrogen and oxygen atoms in total. The number of fused-ring (bicyclic) bond motifs is 1. The van der Waals surface area contributed by atoms with Gasteiger partial charge in [-0.15, -0.1) is 21.5 Å². The molecule has 1 atom stereocenters. The largest absolute Gasteiger partial charge is 0.485 e. The Kier molecular flexibility index (Phi) is 5.99. The van der Waals surface area contributed by atoms with Crippen LogP contribution in [0.1, 0.15) is 38.6 Å². The molecule has 0 saturated heterocycles. The zero-order valence-corrected chi connectivity index (χ0v) is 20.3. The highest BCUT2D eigenvalue weighted by atomic mass is 32.2. The second kappa shape index (κ2) is 9.07. The van der Waals surface area contributed by atoms with Gasteiger partial charge in [-0.3, -0.25) is 4.79 Å². The Balaban J connectivity index is 1.26. The molecular weight excluding hydrogens is 456 g/mol. The number of hydrogen-bond donors (Lipinski definition) is 0. The molecule has 1 aromatic carbocycles. The predicted molar refractivity (Wildman–Crippen MR) is 129 cm³/mol. The third kappa shape index (κ3) is 4.30. The van der Waals surface area contributed by atoms with Crippen molar-refractivity contribution in [1.82, 2.24) is 19.3 Å². The van der Waals surface area contributed by atoms with E-state index < -0.39 is 0 Å². The van der Waals surface area contributed by atoms with E-state index in [1.807, 2.05) is 55.8 Å². The molecule has 33 heavy (non-hydrogen) atoms. The van der Waals surface area contributed by atoms with Crippen LogP contribution in [-0.2, 0) is 13.6 Å². The van der Waals surface area contributed by atoms with Gasteiger partial charge in [0, 0.05) is 28.9 Å². The van der Waals surface area contributed by atoms with Crippen molar-refractivity contribution in [3.63, 3.8) is 0 Å². The highest BCUT2D eigenvalue weighted by Crippen LogP contribution is 2.36. The third-order valence-corrected chi connectivity index (χ3v) is 7.65. The zero-order chi connectivity index (χ0) is 22.9. The first-order valence-electron chi connectivity index (χ1n) is 10.6. The van der Waals surface area contributed by atoms with Crippen molar-refractivity contribution in [2.75, 3.05) is 12.4 Å².